The molecule has 0 atom stereocenters. The van der Waals surface area contributed by atoms with Crippen LogP contribution in [-0.4, -0.2) is 55.2 Å². The van der Waals surface area contributed by atoms with Gasteiger partial charge in [0.1, 0.15) is 15.8 Å². The molecule has 198 valence electrons. The average Bonchev–Trinajstić information content (AvgIpc) is 3.51. The van der Waals surface area contributed by atoms with E-state index in [1.165, 1.54) is 16.2 Å². The predicted octanol–water partition coefficient (Wildman–Crippen LogP) is 5.09. The largest absolute Gasteiger partial charge is 0.481 e. The van der Waals surface area contributed by atoms with Gasteiger partial charge >= 0.3 is 5.97 Å². The van der Waals surface area contributed by atoms with Crippen LogP contribution in [0.4, 0.5) is 5.82 Å². The third-order valence-corrected chi connectivity index (χ3v) is 8.20. The number of thiocarbonyl (C=S) groups is 1. The Balaban J connectivity index is 1.36. The molecule has 2 saturated heterocycles. The maximum atomic E-state index is 13.4. The van der Waals surface area contributed by atoms with Gasteiger partial charge < -0.3 is 10.0 Å². The van der Waals surface area contributed by atoms with Crippen molar-refractivity contribution < 1.29 is 14.7 Å². The number of hydrogen-bond acceptors (Lipinski definition) is 7. The maximum Gasteiger partial charge on any atom is 0.303 e. The van der Waals surface area contributed by atoms with Crippen molar-refractivity contribution in [1.82, 2.24) is 14.3 Å². The van der Waals surface area contributed by atoms with Crippen LogP contribution in [0.2, 0.25) is 0 Å². The first-order chi connectivity index (χ1) is 18.0. The van der Waals surface area contributed by atoms with E-state index in [0.717, 1.165) is 77.3 Å². The van der Waals surface area contributed by atoms with Crippen LogP contribution in [0.25, 0.3) is 11.7 Å². The van der Waals surface area contributed by atoms with E-state index in [2.05, 4.69) is 4.90 Å². The highest BCUT2D eigenvalue weighted by Crippen LogP contribution is 2.34. The molecular formula is C27H34N4O4S2. The summed E-state index contributed by atoms with van der Waals surface area (Å²) in [4.78, 5) is 46.2. The molecule has 1 amide bonds. The number of anilines is 1. The number of thioether (sulfide) groups is 1. The second-order valence-corrected chi connectivity index (χ2v) is 11.3. The summed E-state index contributed by atoms with van der Waals surface area (Å²) in [6.45, 7) is 2.27. The van der Waals surface area contributed by atoms with Gasteiger partial charge in [-0.3, -0.25) is 23.7 Å². The number of fused-ring (bicyclic) bond motifs is 1. The minimum absolute atomic E-state index is 0.140. The van der Waals surface area contributed by atoms with Crippen LogP contribution in [0.15, 0.2) is 34.1 Å². The van der Waals surface area contributed by atoms with E-state index in [1.54, 1.807) is 23.2 Å². The Bertz CT molecular complexity index is 1240. The first-order valence-corrected chi connectivity index (χ1v) is 14.4. The molecule has 0 unspecified atom stereocenters. The Morgan fingerprint density at radius 3 is 2.41 bits per heavy atom. The van der Waals surface area contributed by atoms with E-state index in [0.29, 0.717) is 32.8 Å². The number of aliphatic carboxylic acids is 1. The van der Waals surface area contributed by atoms with Gasteiger partial charge in [0.15, 0.2) is 0 Å². The van der Waals surface area contributed by atoms with E-state index in [4.69, 9.17) is 22.3 Å². The molecule has 0 spiro atoms. The lowest BCUT2D eigenvalue weighted by Crippen LogP contribution is -2.29. The number of hydrogen-bond donors (Lipinski definition) is 1. The number of rotatable bonds is 13. The van der Waals surface area contributed by atoms with E-state index in [9.17, 15) is 14.4 Å². The fraction of sp³-hybridized carbons (Fsp3) is 0.519. The molecule has 4 rings (SSSR count). The predicted molar refractivity (Wildman–Crippen MR) is 152 cm³/mol. The lowest BCUT2D eigenvalue weighted by molar-refractivity contribution is -0.137. The minimum Gasteiger partial charge on any atom is -0.481 e. The Labute approximate surface area is 226 Å². The summed E-state index contributed by atoms with van der Waals surface area (Å²) >= 11 is 6.77. The normalized spacial score (nSPS) is 17.0. The smallest absolute Gasteiger partial charge is 0.303 e. The molecule has 37 heavy (non-hydrogen) atoms. The van der Waals surface area contributed by atoms with Crippen molar-refractivity contribution in [2.45, 2.75) is 70.6 Å². The fourth-order valence-corrected chi connectivity index (χ4v) is 6.11. The molecule has 10 heteroatoms. The molecule has 0 aliphatic carbocycles. The number of carboxylic acid groups (broad SMARTS) is 1. The number of unbranched alkanes of at least 4 members (excludes halogenated alkanes) is 7. The second kappa shape index (κ2) is 13.2. The third-order valence-electron chi connectivity index (χ3n) is 6.83. The monoisotopic (exact) mass is 542 g/mol. The standard InChI is InChI=1S/C27H34N4O4S2/c32-23(33)14-7-5-3-1-2-4-6-9-18-31-26(35)21(37-27(31)36)19-20-24(29-15-11-12-16-29)28-22-13-8-10-17-30(22)25(20)34/h8,10,13,17,19H,1-7,9,11-12,14-16,18H2,(H,32,33)/b21-19+. The quantitative estimate of drug-likeness (QED) is 0.212. The highest BCUT2D eigenvalue weighted by atomic mass is 32.2. The van der Waals surface area contributed by atoms with E-state index >= 15 is 0 Å². The van der Waals surface area contributed by atoms with Gasteiger partial charge in [0, 0.05) is 32.3 Å². The first-order valence-electron chi connectivity index (χ1n) is 13.2. The molecule has 2 aromatic rings. The van der Waals surface area contributed by atoms with Crippen LogP contribution in [-0.2, 0) is 9.59 Å². The number of carbonyl (C=O) groups excluding carboxylic acids is 1. The minimum atomic E-state index is -0.723. The molecule has 0 saturated carbocycles. The highest BCUT2D eigenvalue weighted by Gasteiger charge is 2.32. The van der Waals surface area contributed by atoms with Gasteiger partial charge in [0.25, 0.3) is 11.5 Å². The number of amides is 1. The summed E-state index contributed by atoms with van der Waals surface area (Å²) in [5.41, 5.74) is 0.856. The number of nitrogens with zero attached hydrogens (tertiary/aromatic N) is 4. The number of carbonyl (C=O) groups is 2. The second-order valence-electron chi connectivity index (χ2n) is 9.58. The van der Waals surface area contributed by atoms with Gasteiger partial charge in [-0.05, 0) is 43.9 Å². The molecule has 2 aliphatic heterocycles. The van der Waals surface area contributed by atoms with Gasteiger partial charge in [0.05, 0.1) is 10.5 Å². The highest BCUT2D eigenvalue weighted by molar-refractivity contribution is 8.26. The molecule has 8 nitrogen and oxygen atoms in total. The Morgan fingerprint density at radius 1 is 1.03 bits per heavy atom. The van der Waals surface area contributed by atoms with Crippen molar-refractivity contribution in [3.8, 4) is 0 Å². The average molecular weight is 543 g/mol. The summed E-state index contributed by atoms with van der Waals surface area (Å²) < 4.78 is 2.06. The zero-order valence-corrected chi connectivity index (χ0v) is 22.7. The summed E-state index contributed by atoms with van der Waals surface area (Å²) in [5.74, 6) is -0.223. The zero-order valence-electron chi connectivity index (χ0n) is 21.1. The molecule has 1 N–H and O–H groups in total. The van der Waals surface area contributed by atoms with Gasteiger partial charge in [-0.15, -0.1) is 0 Å². The van der Waals surface area contributed by atoms with Crippen LogP contribution in [0.5, 0.6) is 0 Å². The van der Waals surface area contributed by atoms with Gasteiger partial charge in [-0.2, -0.15) is 0 Å². The molecule has 2 aliphatic rings. The molecular weight excluding hydrogens is 508 g/mol. The van der Waals surface area contributed by atoms with Crippen molar-refractivity contribution in [2.24, 2.45) is 0 Å². The van der Waals surface area contributed by atoms with Crippen molar-refractivity contribution >= 4 is 57.7 Å². The summed E-state index contributed by atoms with van der Waals surface area (Å²) in [5, 5.41) is 8.68. The van der Waals surface area contributed by atoms with Gasteiger partial charge in [0.2, 0.25) is 0 Å². The van der Waals surface area contributed by atoms with E-state index in [1.807, 2.05) is 12.1 Å². The molecule has 4 heterocycles. The Kier molecular flexibility index (Phi) is 9.74. The molecule has 0 aromatic carbocycles. The van der Waals surface area contributed by atoms with Crippen LogP contribution >= 0.6 is 24.0 Å². The van der Waals surface area contributed by atoms with Crippen LogP contribution in [0, 0.1) is 0 Å². The van der Waals surface area contributed by atoms with Crippen molar-refractivity contribution in [2.75, 3.05) is 24.5 Å². The van der Waals surface area contributed by atoms with Crippen molar-refractivity contribution in [3.05, 3.63) is 45.2 Å². The van der Waals surface area contributed by atoms with Crippen molar-refractivity contribution in [3.63, 3.8) is 0 Å². The zero-order chi connectivity index (χ0) is 26.2. The molecule has 0 radical (unpaired) electrons. The maximum absolute atomic E-state index is 13.4. The van der Waals surface area contributed by atoms with E-state index in [-0.39, 0.29) is 17.9 Å². The number of pyridine rings is 1. The molecule has 2 aromatic heterocycles. The van der Waals surface area contributed by atoms with Crippen LogP contribution < -0.4 is 10.5 Å². The number of carboxylic acids is 1. The first kappa shape index (κ1) is 27.3. The lowest BCUT2D eigenvalue weighted by Gasteiger charge is -2.19. The van der Waals surface area contributed by atoms with Crippen LogP contribution in [0.3, 0.4) is 0 Å². The summed E-state index contributed by atoms with van der Waals surface area (Å²) in [7, 11) is 0. The molecule has 2 fully saturated rings. The SMILES string of the molecule is O=C(O)CCCCCCCCCCN1C(=O)/C(=C\c2c(N3CCCC3)nc3ccccn3c2=O)SC1=S. The van der Waals surface area contributed by atoms with Gasteiger partial charge in [-0.1, -0.05) is 68.6 Å². The summed E-state index contributed by atoms with van der Waals surface area (Å²) in [6, 6.07) is 5.49. The number of aromatic nitrogens is 2. The fourth-order valence-electron chi connectivity index (χ4n) is 4.82. The molecule has 0 bridgehead atoms. The Morgan fingerprint density at radius 2 is 1.70 bits per heavy atom. The van der Waals surface area contributed by atoms with Crippen LogP contribution in [0.1, 0.15) is 76.2 Å². The third kappa shape index (κ3) is 6.98. The summed E-state index contributed by atoms with van der Waals surface area (Å²) in [6.07, 6.45) is 13.7. The van der Waals surface area contributed by atoms with Crippen molar-refractivity contribution in [1.29, 1.82) is 0 Å². The lowest BCUT2D eigenvalue weighted by atomic mass is 10.1. The van der Waals surface area contributed by atoms with E-state index < -0.39 is 5.97 Å². The van der Waals surface area contributed by atoms with Gasteiger partial charge in [-0.25, -0.2) is 4.98 Å². The Hall–Kier alpha value is -2.72. The topological polar surface area (TPSA) is 95.2 Å².